The first-order valence-corrected chi connectivity index (χ1v) is 16.8. The van der Waals surface area contributed by atoms with Gasteiger partial charge < -0.3 is 0 Å². The summed E-state index contributed by atoms with van der Waals surface area (Å²) in [5.74, 6) is 0. The fraction of sp³-hybridized carbons (Fsp3) is 0.0444. The lowest BCUT2D eigenvalue weighted by molar-refractivity contribution is 0.766. The molecule has 0 N–H and O–H groups in total. The van der Waals surface area contributed by atoms with E-state index in [1.165, 1.54) is 60.3 Å². The van der Waals surface area contributed by atoms with Crippen molar-refractivity contribution < 1.29 is 0 Å². The zero-order chi connectivity index (χ0) is 32.3. The Morgan fingerprint density at radius 3 is 2.14 bits per heavy atom. The van der Waals surface area contributed by atoms with Gasteiger partial charge in [-0.3, -0.25) is 4.98 Å². The Morgan fingerprint density at radius 1 is 0.551 bits per heavy atom. The number of hydrogen-bond donors (Lipinski definition) is 0. The van der Waals surface area contributed by atoms with E-state index in [0.29, 0.717) is 0 Å². The highest BCUT2D eigenvalue weighted by molar-refractivity contribution is 6.19. The third-order valence-electron chi connectivity index (χ3n) is 10.0. The minimum Gasteiger partial charge on any atom is -0.264 e. The SMILES string of the molecule is C1=Cc2c(c(-c3cccc4ccccc34)c3ccccc3c2-c2cc3nn(-c4cccc(-c5cccnc5)c4)nc3c3ccccc23)CC1. The van der Waals surface area contributed by atoms with Gasteiger partial charge in [-0.05, 0) is 103 Å². The van der Waals surface area contributed by atoms with Gasteiger partial charge in [0.15, 0.2) is 0 Å². The Hall–Kier alpha value is -6.39. The minimum absolute atomic E-state index is 0.872. The summed E-state index contributed by atoms with van der Waals surface area (Å²) < 4.78 is 0. The lowest BCUT2D eigenvalue weighted by Crippen LogP contribution is -2.03. The molecule has 10 rings (SSSR count). The van der Waals surface area contributed by atoms with Crippen LogP contribution < -0.4 is 0 Å². The molecule has 0 radical (unpaired) electrons. The summed E-state index contributed by atoms with van der Waals surface area (Å²) >= 11 is 0. The van der Waals surface area contributed by atoms with E-state index in [0.717, 1.165) is 46.1 Å². The number of fused-ring (bicyclic) bond motifs is 6. The van der Waals surface area contributed by atoms with Crippen LogP contribution in [-0.2, 0) is 6.42 Å². The van der Waals surface area contributed by atoms with Crippen LogP contribution in [0, 0.1) is 0 Å². The van der Waals surface area contributed by atoms with E-state index in [-0.39, 0.29) is 0 Å². The van der Waals surface area contributed by atoms with Gasteiger partial charge in [0.1, 0.15) is 11.0 Å². The van der Waals surface area contributed by atoms with Crippen LogP contribution in [0.2, 0.25) is 0 Å². The van der Waals surface area contributed by atoms with Crippen molar-refractivity contribution in [3.8, 4) is 39.1 Å². The molecule has 4 heteroatoms. The van der Waals surface area contributed by atoms with Crippen LogP contribution in [0.3, 0.4) is 0 Å². The number of allylic oxidation sites excluding steroid dienone is 1. The van der Waals surface area contributed by atoms with Gasteiger partial charge >= 0.3 is 0 Å². The lowest BCUT2D eigenvalue weighted by Gasteiger charge is -2.25. The van der Waals surface area contributed by atoms with Crippen LogP contribution in [-0.4, -0.2) is 20.0 Å². The van der Waals surface area contributed by atoms with Crippen molar-refractivity contribution in [2.24, 2.45) is 0 Å². The topological polar surface area (TPSA) is 43.6 Å². The molecule has 49 heavy (non-hydrogen) atoms. The number of benzene rings is 7. The van der Waals surface area contributed by atoms with E-state index in [4.69, 9.17) is 10.2 Å². The van der Waals surface area contributed by atoms with Gasteiger partial charge in [0.2, 0.25) is 0 Å². The van der Waals surface area contributed by atoms with Crippen LogP contribution in [0.1, 0.15) is 17.5 Å². The van der Waals surface area contributed by atoms with Crippen molar-refractivity contribution in [3.63, 3.8) is 0 Å². The van der Waals surface area contributed by atoms with Crippen molar-refractivity contribution in [2.45, 2.75) is 12.8 Å². The third-order valence-corrected chi connectivity index (χ3v) is 10.0. The standard InChI is InChI=1S/C45H30N4/c1-2-17-33-29(12-1)13-10-24-35(33)43-36-19-4-6-21-38(36)44(39-22-7-5-20-37(39)43)41-27-42-45(40-23-8-3-18-34(40)41)48-49(47-42)32-16-9-14-30(26-32)31-15-11-25-46-28-31/h1-4,6-19,21-28H,5,20H2. The maximum atomic E-state index is 5.12. The molecule has 0 amide bonds. The lowest BCUT2D eigenvalue weighted by atomic mass is 9.78. The molecule has 4 nitrogen and oxygen atoms in total. The quantitative estimate of drug-likeness (QED) is 0.195. The highest BCUT2D eigenvalue weighted by atomic mass is 15.5. The third kappa shape index (κ3) is 4.41. The Balaban J connectivity index is 1.25. The molecule has 0 saturated carbocycles. The first kappa shape index (κ1) is 27.7. The van der Waals surface area contributed by atoms with Crippen LogP contribution >= 0.6 is 0 Å². The van der Waals surface area contributed by atoms with Crippen LogP contribution in [0.4, 0.5) is 0 Å². The maximum absolute atomic E-state index is 5.12. The van der Waals surface area contributed by atoms with E-state index < -0.39 is 0 Å². The first-order valence-electron chi connectivity index (χ1n) is 16.8. The van der Waals surface area contributed by atoms with E-state index >= 15 is 0 Å². The van der Waals surface area contributed by atoms with Crippen LogP contribution in [0.15, 0.2) is 152 Å². The van der Waals surface area contributed by atoms with Gasteiger partial charge in [0, 0.05) is 23.3 Å². The maximum Gasteiger partial charge on any atom is 0.121 e. The zero-order valence-corrected chi connectivity index (χ0v) is 26.7. The Labute approximate surface area is 283 Å². The molecule has 0 spiro atoms. The Morgan fingerprint density at radius 2 is 1.29 bits per heavy atom. The summed E-state index contributed by atoms with van der Waals surface area (Å²) in [6.07, 6.45) is 10.4. The fourth-order valence-electron chi connectivity index (χ4n) is 7.84. The second-order valence-corrected chi connectivity index (χ2v) is 12.8. The number of hydrogen-bond acceptors (Lipinski definition) is 3. The van der Waals surface area contributed by atoms with Crippen molar-refractivity contribution in [1.29, 1.82) is 0 Å². The summed E-state index contributed by atoms with van der Waals surface area (Å²) in [6.45, 7) is 0. The highest BCUT2D eigenvalue weighted by Crippen LogP contribution is 2.48. The molecule has 0 fully saturated rings. The Kier molecular flexibility index (Phi) is 6.28. The van der Waals surface area contributed by atoms with E-state index in [1.54, 1.807) is 11.0 Å². The molecule has 1 aliphatic carbocycles. The molecule has 7 aromatic carbocycles. The molecular weight excluding hydrogens is 597 g/mol. The predicted molar refractivity (Wildman–Crippen MR) is 203 cm³/mol. The first-order chi connectivity index (χ1) is 24.3. The normalized spacial score (nSPS) is 12.7. The van der Waals surface area contributed by atoms with Crippen molar-refractivity contribution in [1.82, 2.24) is 20.0 Å². The van der Waals surface area contributed by atoms with Gasteiger partial charge in [0.05, 0.1) is 5.69 Å². The van der Waals surface area contributed by atoms with Gasteiger partial charge in [-0.25, -0.2) is 0 Å². The van der Waals surface area contributed by atoms with E-state index in [1.807, 2.05) is 12.3 Å². The highest BCUT2D eigenvalue weighted by Gasteiger charge is 2.24. The minimum atomic E-state index is 0.872. The molecule has 0 saturated heterocycles. The Bertz CT molecular complexity index is 2770. The van der Waals surface area contributed by atoms with Crippen molar-refractivity contribution in [3.05, 3.63) is 163 Å². The largest absolute Gasteiger partial charge is 0.264 e. The molecule has 0 atom stereocenters. The van der Waals surface area contributed by atoms with E-state index in [9.17, 15) is 0 Å². The summed E-state index contributed by atoms with van der Waals surface area (Å²) in [4.78, 5) is 6.09. The van der Waals surface area contributed by atoms with Crippen LogP contribution in [0.25, 0.3) is 88.5 Å². The number of aromatic nitrogens is 4. The second-order valence-electron chi connectivity index (χ2n) is 12.8. The average molecular weight is 627 g/mol. The smallest absolute Gasteiger partial charge is 0.121 e. The molecule has 1 aliphatic rings. The second kappa shape index (κ2) is 11.1. The summed E-state index contributed by atoms with van der Waals surface area (Å²) in [7, 11) is 0. The summed E-state index contributed by atoms with van der Waals surface area (Å²) in [5.41, 5.74) is 12.6. The number of nitrogens with zero attached hydrogens (tertiary/aromatic N) is 4. The summed E-state index contributed by atoms with van der Waals surface area (Å²) in [6, 6.07) is 47.7. The number of pyridine rings is 1. The number of rotatable bonds is 4. The predicted octanol–water partition coefficient (Wildman–Crippen LogP) is 11.2. The summed E-state index contributed by atoms with van der Waals surface area (Å²) in [5, 5.41) is 17.6. The van der Waals surface area contributed by atoms with Crippen LogP contribution in [0.5, 0.6) is 0 Å². The van der Waals surface area contributed by atoms with Gasteiger partial charge in [-0.2, -0.15) is 4.80 Å². The average Bonchev–Trinajstić information content (AvgIpc) is 3.62. The van der Waals surface area contributed by atoms with E-state index in [2.05, 4.69) is 145 Å². The molecule has 230 valence electrons. The van der Waals surface area contributed by atoms with Gasteiger partial charge in [0.25, 0.3) is 0 Å². The van der Waals surface area contributed by atoms with Gasteiger partial charge in [-0.1, -0.05) is 121 Å². The molecule has 2 heterocycles. The van der Waals surface area contributed by atoms with Crippen molar-refractivity contribution >= 4 is 49.4 Å². The molecule has 2 aromatic heterocycles. The van der Waals surface area contributed by atoms with Gasteiger partial charge in [-0.15, -0.1) is 10.2 Å². The molecule has 0 aliphatic heterocycles. The molecule has 0 bridgehead atoms. The molecule has 9 aromatic rings. The molecule has 0 unspecified atom stereocenters. The molecular formula is C45H30N4. The zero-order valence-electron chi connectivity index (χ0n) is 26.7. The van der Waals surface area contributed by atoms with Crippen molar-refractivity contribution in [2.75, 3.05) is 0 Å². The fourth-order valence-corrected chi connectivity index (χ4v) is 7.84. The monoisotopic (exact) mass is 626 g/mol.